The zero-order valence-corrected chi connectivity index (χ0v) is 13.3. The summed E-state index contributed by atoms with van der Waals surface area (Å²) in [6, 6.07) is 8.09. The molecule has 1 saturated heterocycles. The molecule has 118 valence electrons. The second kappa shape index (κ2) is 7.38. The molecular weight excluding hydrogens is 302 g/mol. The number of nitrogens with one attached hydrogen (secondary N) is 2. The standard InChI is InChI=1S/C15H19N5O.ClH/c1-11-4-2-6-13(8-11)20-10-14(18-19-20)15(21)17-12-5-3-7-16-9-12;/h2,4,6,8,10,12,16H,3,5,7,9H2,1H3,(H,17,21);1H. The molecule has 1 aliphatic rings. The average Bonchev–Trinajstić information content (AvgIpc) is 2.98. The Morgan fingerprint density at radius 2 is 2.32 bits per heavy atom. The van der Waals surface area contributed by atoms with Gasteiger partial charge in [0.15, 0.2) is 5.69 Å². The van der Waals surface area contributed by atoms with E-state index in [0.717, 1.165) is 37.2 Å². The predicted octanol–water partition coefficient (Wildman–Crippen LogP) is 1.48. The van der Waals surface area contributed by atoms with Crippen LogP contribution in [0.15, 0.2) is 30.5 Å². The molecule has 1 amide bonds. The summed E-state index contributed by atoms with van der Waals surface area (Å²) < 4.78 is 1.63. The summed E-state index contributed by atoms with van der Waals surface area (Å²) >= 11 is 0. The molecule has 2 aromatic rings. The maximum Gasteiger partial charge on any atom is 0.273 e. The first-order valence-corrected chi connectivity index (χ1v) is 7.23. The number of benzene rings is 1. The number of carbonyl (C=O) groups is 1. The van der Waals surface area contributed by atoms with Gasteiger partial charge >= 0.3 is 0 Å². The molecule has 1 aliphatic heterocycles. The summed E-state index contributed by atoms with van der Waals surface area (Å²) in [6.45, 7) is 3.86. The lowest BCUT2D eigenvalue weighted by molar-refractivity contribution is 0.0925. The van der Waals surface area contributed by atoms with Crippen molar-refractivity contribution in [2.45, 2.75) is 25.8 Å². The van der Waals surface area contributed by atoms with Gasteiger partial charge in [0.05, 0.1) is 11.9 Å². The van der Waals surface area contributed by atoms with Crippen LogP contribution in [0.5, 0.6) is 0 Å². The molecule has 0 bridgehead atoms. The van der Waals surface area contributed by atoms with E-state index in [1.807, 2.05) is 31.2 Å². The van der Waals surface area contributed by atoms with Crippen LogP contribution in [0.3, 0.4) is 0 Å². The van der Waals surface area contributed by atoms with Crippen molar-refractivity contribution in [3.05, 3.63) is 41.7 Å². The Bertz CT molecular complexity index is 636. The number of aryl methyl sites for hydroxylation is 1. The van der Waals surface area contributed by atoms with Crippen molar-refractivity contribution >= 4 is 18.3 Å². The average molecular weight is 322 g/mol. The van der Waals surface area contributed by atoms with Crippen molar-refractivity contribution in [3.63, 3.8) is 0 Å². The molecule has 22 heavy (non-hydrogen) atoms. The van der Waals surface area contributed by atoms with Gasteiger partial charge in [0.2, 0.25) is 0 Å². The molecule has 0 saturated carbocycles. The van der Waals surface area contributed by atoms with Gasteiger partial charge in [0.25, 0.3) is 5.91 Å². The highest BCUT2D eigenvalue weighted by atomic mass is 35.5. The third-order valence-corrected chi connectivity index (χ3v) is 3.62. The van der Waals surface area contributed by atoms with Crippen molar-refractivity contribution < 1.29 is 4.79 Å². The fraction of sp³-hybridized carbons (Fsp3) is 0.400. The minimum Gasteiger partial charge on any atom is -0.347 e. The first kappa shape index (κ1) is 16.5. The normalized spacial score (nSPS) is 17.6. The topological polar surface area (TPSA) is 71.8 Å². The lowest BCUT2D eigenvalue weighted by Gasteiger charge is -2.23. The minimum atomic E-state index is -0.164. The highest BCUT2D eigenvalue weighted by Crippen LogP contribution is 2.09. The van der Waals surface area contributed by atoms with Crippen molar-refractivity contribution in [3.8, 4) is 5.69 Å². The monoisotopic (exact) mass is 321 g/mol. The van der Waals surface area contributed by atoms with Crippen LogP contribution >= 0.6 is 12.4 Å². The number of carbonyl (C=O) groups excluding carboxylic acids is 1. The molecule has 3 rings (SSSR count). The lowest BCUT2D eigenvalue weighted by atomic mass is 10.1. The van der Waals surface area contributed by atoms with E-state index >= 15 is 0 Å². The van der Waals surface area contributed by atoms with E-state index in [-0.39, 0.29) is 24.4 Å². The minimum absolute atomic E-state index is 0. The van der Waals surface area contributed by atoms with Crippen LogP contribution in [0.25, 0.3) is 5.69 Å². The second-order valence-electron chi connectivity index (χ2n) is 5.40. The fourth-order valence-electron chi connectivity index (χ4n) is 2.50. The van der Waals surface area contributed by atoms with Crippen LogP contribution in [-0.2, 0) is 0 Å². The molecule has 0 radical (unpaired) electrons. The van der Waals surface area contributed by atoms with E-state index < -0.39 is 0 Å². The summed E-state index contributed by atoms with van der Waals surface area (Å²) in [7, 11) is 0. The van der Waals surface area contributed by atoms with Crippen molar-refractivity contribution in [1.82, 2.24) is 25.6 Å². The Morgan fingerprint density at radius 3 is 3.05 bits per heavy atom. The number of nitrogens with zero attached hydrogens (tertiary/aromatic N) is 3. The highest BCUT2D eigenvalue weighted by Gasteiger charge is 2.18. The van der Waals surface area contributed by atoms with Gasteiger partial charge in [-0.15, -0.1) is 17.5 Å². The van der Waals surface area contributed by atoms with E-state index in [1.165, 1.54) is 0 Å². The lowest BCUT2D eigenvalue weighted by Crippen LogP contribution is -2.45. The molecule has 1 aromatic carbocycles. The first-order chi connectivity index (χ1) is 10.2. The van der Waals surface area contributed by atoms with Crippen LogP contribution in [-0.4, -0.2) is 40.0 Å². The van der Waals surface area contributed by atoms with Crippen LogP contribution in [0.4, 0.5) is 0 Å². The molecule has 6 nitrogen and oxygen atoms in total. The summed E-state index contributed by atoms with van der Waals surface area (Å²) in [5.41, 5.74) is 2.39. The van der Waals surface area contributed by atoms with Crippen molar-refractivity contribution in [1.29, 1.82) is 0 Å². The van der Waals surface area contributed by atoms with Gasteiger partial charge in [-0.25, -0.2) is 4.68 Å². The summed E-state index contributed by atoms with van der Waals surface area (Å²) in [5.74, 6) is -0.164. The maximum atomic E-state index is 12.2. The number of hydrogen-bond donors (Lipinski definition) is 2. The van der Waals surface area contributed by atoms with Crippen molar-refractivity contribution in [2.24, 2.45) is 0 Å². The zero-order chi connectivity index (χ0) is 14.7. The fourth-order valence-corrected chi connectivity index (χ4v) is 2.50. The van der Waals surface area contributed by atoms with E-state index in [1.54, 1.807) is 10.9 Å². The Hall–Kier alpha value is -1.92. The third kappa shape index (κ3) is 3.84. The van der Waals surface area contributed by atoms with Crippen molar-refractivity contribution in [2.75, 3.05) is 13.1 Å². The Balaban J connectivity index is 0.00000176. The van der Waals surface area contributed by atoms with Crippen LogP contribution in [0.2, 0.25) is 0 Å². The van der Waals surface area contributed by atoms with Gasteiger partial charge in [-0.05, 0) is 44.0 Å². The number of piperidine rings is 1. The van der Waals surface area contributed by atoms with Crippen LogP contribution in [0, 0.1) is 6.92 Å². The van der Waals surface area contributed by atoms with E-state index in [4.69, 9.17) is 0 Å². The van der Waals surface area contributed by atoms with Gasteiger partial charge < -0.3 is 10.6 Å². The largest absolute Gasteiger partial charge is 0.347 e. The van der Waals surface area contributed by atoms with E-state index in [0.29, 0.717) is 5.69 Å². The van der Waals surface area contributed by atoms with Gasteiger partial charge in [-0.3, -0.25) is 4.79 Å². The molecule has 1 atom stereocenters. The molecule has 1 aromatic heterocycles. The third-order valence-electron chi connectivity index (χ3n) is 3.62. The SMILES string of the molecule is Cc1cccc(-n2cc(C(=O)NC3CCCNC3)nn2)c1.Cl. The van der Waals surface area contributed by atoms with Crippen LogP contribution in [0.1, 0.15) is 28.9 Å². The van der Waals surface area contributed by atoms with Gasteiger partial charge in [-0.1, -0.05) is 17.3 Å². The summed E-state index contributed by atoms with van der Waals surface area (Å²) in [5, 5.41) is 14.3. The quantitative estimate of drug-likeness (QED) is 0.898. The van der Waals surface area contributed by atoms with Gasteiger partial charge in [0, 0.05) is 12.6 Å². The first-order valence-electron chi connectivity index (χ1n) is 7.23. The zero-order valence-electron chi connectivity index (χ0n) is 12.5. The molecule has 0 aliphatic carbocycles. The smallest absolute Gasteiger partial charge is 0.273 e. The molecule has 2 N–H and O–H groups in total. The molecule has 1 unspecified atom stereocenters. The summed E-state index contributed by atoms with van der Waals surface area (Å²) in [6.07, 6.45) is 3.76. The van der Waals surface area contributed by atoms with Gasteiger partial charge in [-0.2, -0.15) is 0 Å². The Labute approximate surface area is 135 Å². The maximum absolute atomic E-state index is 12.2. The Morgan fingerprint density at radius 1 is 1.45 bits per heavy atom. The number of amides is 1. The van der Waals surface area contributed by atoms with E-state index in [2.05, 4.69) is 20.9 Å². The van der Waals surface area contributed by atoms with E-state index in [9.17, 15) is 4.79 Å². The highest BCUT2D eigenvalue weighted by molar-refractivity contribution is 5.92. The molecule has 2 heterocycles. The van der Waals surface area contributed by atoms with Gasteiger partial charge in [0.1, 0.15) is 0 Å². The number of rotatable bonds is 3. The Kier molecular flexibility index (Phi) is 5.51. The number of aromatic nitrogens is 3. The number of hydrogen-bond acceptors (Lipinski definition) is 4. The molecule has 1 fully saturated rings. The summed E-state index contributed by atoms with van der Waals surface area (Å²) in [4.78, 5) is 12.2. The molecule has 7 heteroatoms. The molecular formula is C15H20ClN5O. The molecule has 0 spiro atoms. The predicted molar refractivity (Wildman–Crippen MR) is 86.7 cm³/mol. The second-order valence-corrected chi connectivity index (χ2v) is 5.40. The van der Waals surface area contributed by atoms with Crippen LogP contribution < -0.4 is 10.6 Å². The number of halogens is 1.